The lowest BCUT2D eigenvalue weighted by atomic mass is 9.93. The van der Waals surface area contributed by atoms with E-state index in [4.69, 9.17) is 0 Å². The molecule has 0 saturated carbocycles. The summed E-state index contributed by atoms with van der Waals surface area (Å²) in [7, 11) is 0. The van der Waals surface area contributed by atoms with Crippen LogP contribution in [0.25, 0.3) is 4.96 Å². The summed E-state index contributed by atoms with van der Waals surface area (Å²) in [6.45, 7) is 7.88. The van der Waals surface area contributed by atoms with Crippen molar-refractivity contribution in [2.75, 3.05) is 5.75 Å². The fourth-order valence-corrected chi connectivity index (χ4v) is 3.12. The Morgan fingerprint density at radius 3 is 2.65 bits per heavy atom. The van der Waals surface area contributed by atoms with E-state index in [9.17, 15) is 4.79 Å². The van der Waals surface area contributed by atoms with Gasteiger partial charge in [0.15, 0.2) is 4.34 Å². The molecule has 0 aromatic carbocycles. The molecular formula is C10H14N4OS2. The molecule has 0 N–H and O–H groups in total. The molecule has 5 nitrogen and oxygen atoms in total. The van der Waals surface area contributed by atoms with Crippen molar-refractivity contribution < 1.29 is 0 Å². The van der Waals surface area contributed by atoms with Crippen LogP contribution in [0.15, 0.2) is 9.13 Å². The third kappa shape index (κ3) is 2.35. The molecule has 7 heteroatoms. The third-order valence-electron chi connectivity index (χ3n) is 2.15. The zero-order valence-electron chi connectivity index (χ0n) is 10.2. The molecule has 0 radical (unpaired) electrons. The van der Waals surface area contributed by atoms with Gasteiger partial charge in [-0.2, -0.15) is 4.52 Å². The van der Waals surface area contributed by atoms with E-state index in [1.54, 1.807) is 11.8 Å². The maximum atomic E-state index is 12.2. The van der Waals surface area contributed by atoms with Crippen molar-refractivity contribution in [3.8, 4) is 0 Å². The van der Waals surface area contributed by atoms with Gasteiger partial charge in [-0.1, -0.05) is 50.8 Å². The summed E-state index contributed by atoms with van der Waals surface area (Å²) in [6.07, 6.45) is 0. The SMILES string of the molecule is CCSc1nn2c(=O)c(C(C)(C)C)nnc2s1. The third-order valence-corrected chi connectivity index (χ3v) is 4.06. The molecule has 0 atom stereocenters. The Balaban J connectivity index is 2.63. The van der Waals surface area contributed by atoms with Crippen molar-refractivity contribution in [2.24, 2.45) is 0 Å². The molecule has 17 heavy (non-hydrogen) atoms. The van der Waals surface area contributed by atoms with Crippen LogP contribution in [0.5, 0.6) is 0 Å². The van der Waals surface area contributed by atoms with Crippen LogP contribution in [0.2, 0.25) is 0 Å². The summed E-state index contributed by atoms with van der Waals surface area (Å²) in [6, 6.07) is 0. The number of rotatable bonds is 2. The van der Waals surface area contributed by atoms with Crippen LogP contribution in [0.4, 0.5) is 0 Å². The molecule has 0 bridgehead atoms. The Bertz CT molecular complexity index is 596. The molecule has 2 aromatic rings. The summed E-state index contributed by atoms with van der Waals surface area (Å²) in [4.78, 5) is 12.7. The van der Waals surface area contributed by atoms with E-state index in [1.165, 1.54) is 15.9 Å². The van der Waals surface area contributed by atoms with Crippen LogP contribution in [0.1, 0.15) is 33.4 Å². The van der Waals surface area contributed by atoms with Crippen molar-refractivity contribution in [3.63, 3.8) is 0 Å². The molecule has 92 valence electrons. The van der Waals surface area contributed by atoms with E-state index < -0.39 is 0 Å². The Labute approximate surface area is 107 Å². The molecule has 2 aromatic heterocycles. The fourth-order valence-electron chi connectivity index (χ4n) is 1.35. The topological polar surface area (TPSA) is 60.2 Å². The zero-order chi connectivity index (χ0) is 12.6. The second-order valence-electron chi connectivity index (χ2n) is 4.60. The first-order valence-electron chi connectivity index (χ1n) is 5.33. The molecule has 2 rings (SSSR count). The first kappa shape index (κ1) is 12.5. The highest BCUT2D eigenvalue weighted by molar-refractivity contribution is 8.01. The van der Waals surface area contributed by atoms with E-state index in [0.29, 0.717) is 10.7 Å². The molecular weight excluding hydrogens is 256 g/mol. The Kier molecular flexibility index (Phi) is 3.22. The van der Waals surface area contributed by atoms with Gasteiger partial charge < -0.3 is 0 Å². The van der Waals surface area contributed by atoms with Gasteiger partial charge in [-0.15, -0.1) is 15.3 Å². The average Bonchev–Trinajstić information content (AvgIpc) is 2.60. The van der Waals surface area contributed by atoms with E-state index in [0.717, 1.165) is 10.1 Å². The van der Waals surface area contributed by atoms with E-state index in [2.05, 4.69) is 15.3 Å². The van der Waals surface area contributed by atoms with Crippen LogP contribution < -0.4 is 5.56 Å². The summed E-state index contributed by atoms with van der Waals surface area (Å²) in [5, 5.41) is 12.4. The van der Waals surface area contributed by atoms with Gasteiger partial charge in [-0.05, 0) is 5.75 Å². The number of fused-ring (bicyclic) bond motifs is 1. The van der Waals surface area contributed by atoms with E-state index in [1.807, 2.05) is 27.7 Å². The summed E-state index contributed by atoms with van der Waals surface area (Å²) in [5.41, 5.74) is -0.0255. The number of nitrogens with zero attached hydrogens (tertiary/aromatic N) is 4. The molecule has 0 spiro atoms. The van der Waals surface area contributed by atoms with E-state index in [-0.39, 0.29) is 11.0 Å². The van der Waals surface area contributed by atoms with Crippen LogP contribution in [-0.2, 0) is 5.41 Å². The first-order valence-corrected chi connectivity index (χ1v) is 7.13. The quantitative estimate of drug-likeness (QED) is 0.781. The summed E-state index contributed by atoms with van der Waals surface area (Å²) < 4.78 is 2.21. The van der Waals surface area contributed by atoms with Gasteiger partial charge in [-0.3, -0.25) is 4.79 Å². The lowest BCUT2D eigenvalue weighted by molar-refractivity contribution is 0.541. The minimum absolute atomic E-state index is 0.165. The second kappa shape index (κ2) is 4.38. The molecule has 0 aliphatic carbocycles. The van der Waals surface area contributed by atoms with Crippen molar-refractivity contribution in [1.29, 1.82) is 0 Å². The highest BCUT2D eigenvalue weighted by atomic mass is 32.2. The summed E-state index contributed by atoms with van der Waals surface area (Å²) >= 11 is 3.00. The van der Waals surface area contributed by atoms with Crippen LogP contribution in [0, 0.1) is 0 Å². The maximum Gasteiger partial charge on any atom is 0.297 e. The lowest BCUT2D eigenvalue weighted by Crippen LogP contribution is -2.30. The number of hydrogen-bond donors (Lipinski definition) is 0. The number of thioether (sulfide) groups is 1. The van der Waals surface area contributed by atoms with Crippen molar-refractivity contribution >= 4 is 28.1 Å². The smallest absolute Gasteiger partial charge is 0.265 e. The maximum absolute atomic E-state index is 12.2. The zero-order valence-corrected chi connectivity index (χ0v) is 11.9. The Hall–Kier alpha value is -0.950. The lowest BCUT2D eigenvalue weighted by Gasteiger charge is -2.14. The molecule has 0 aliphatic heterocycles. The Morgan fingerprint density at radius 1 is 1.35 bits per heavy atom. The molecule has 0 saturated heterocycles. The van der Waals surface area contributed by atoms with Crippen molar-refractivity contribution in [3.05, 3.63) is 16.0 Å². The molecule has 0 aliphatic rings. The molecule has 2 heterocycles. The van der Waals surface area contributed by atoms with Gasteiger partial charge in [0.25, 0.3) is 5.56 Å². The van der Waals surface area contributed by atoms with Gasteiger partial charge in [0.05, 0.1) is 0 Å². The molecule has 0 amide bonds. The minimum atomic E-state index is -0.313. The second-order valence-corrected chi connectivity index (χ2v) is 7.07. The number of hydrogen-bond acceptors (Lipinski definition) is 6. The van der Waals surface area contributed by atoms with E-state index >= 15 is 0 Å². The molecule has 0 unspecified atom stereocenters. The van der Waals surface area contributed by atoms with Crippen LogP contribution in [0.3, 0.4) is 0 Å². The normalized spacial score (nSPS) is 12.2. The first-order chi connectivity index (χ1) is 7.93. The van der Waals surface area contributed by atoms with Gasteiger partial charge in [0.1, 0.15) is 5.69 Å². The highest BCUT2D eigenvalue weighted by Gasteiger charge is 2.22. The van der Waals surface area contributed by atoms with Gasteiger partial charge >= 0.3 is 0 Å². The molecule has 0 fully saturated rings. The van der Waals surface area contributed by atoms with Crippen molar-refractivity contribution in [1.82, 2.24) is 19.8 Å². The monoisotopic (exact) mass is 270 g/mol. The average molecular weight is 270 g/mol. The fraction of sp³-hybridized carbons (Fsp3) is 0.600. The number of aromatic nitrogens is 4. The van der Waals surface area contributed by atoms with Gasteiger partial charge in [0.2, 0.25) is 4.96 Å². The van der Waals surface area contributed by atoms with Crippen LogP contribution in [-0.4, -0.2) is 25.6 Å². The van der Waals surface area contributed by atoms with Gasteiger partial charge in [0, 0.05) is 5.41 Å². The standard InChI is InChI=1S/C10H14N4OS2/c1-5-16-9-13-14-7(15)6(10(2,3)4)11-12-8(14)17-9/h5H2,1-4H3. The minimum Gasteiger partial charge on any atom is -0.265 e. The van der Waals surface area contributed by atoms with Crippen LogP contribution >= 0.6 is 23.1 Å². The Morgan fingerprint density at radius 2 is 2.06 bits per heavy atom. The van der Waals surface area contributed by atoms with Gasteiger partial charge in [-0.25, -0.2) is 0 Å². The summed E-state index contributed by atoms with van der Waals surface area (Å²) in [5.74, 6) is 0.925. The predicted molar refractivity (Wildman–Crippen MR) is 70.0 cm³/mol. The predicted octanol–water partition coefficient (Wildman–Crippen LogP) is 1.96. The highest BCUT2D eigenvalue weighted by Crippen LogP contribution is 2.23. The largest absolute Gasteiger partial charge is 0.297 e. The van der Waals surface area contributed by atoms with Crippen molar-refractivity contribution in [2.45, 2.75) is 37.4 Å².